The Labute approximate surface area is 111 Å². The lowest BCUT2D eigenvalue weighted by Crippen LogP contribution is -2.47. The first-order valence-corrected chi connectivity index (χ1v) is 6.42. The van der Waals surface area contributed by atoms with Crippen molar-refractivity contribution in [1.29, 1.82) is 0 Å². The van der Waals surface area contributed by atoms with Crippen LogP contribution in [0.2, 0.25) is 0 Å². The highest BCUT2D eigenvalue weighted by molar-refractivity contribution is 5.85. The van der Waals surface area contributed by atoms with Gasteiger partial charge in [-0.05, 0) is 19.3 Å². The van der Waals surface area contributed by atoms with Gasteiger partial charge in [0, 0.05) is 26.2 Å². The number of hydrogen-bond acceptors (Lipinski definition) is 3. The molecule has 106 valence electrons. The van der Waals surface area contributed by atoms with Gasteiger partial charge in [-0.3, -0.25) is 9.59 Å². The van der Waals surface area contributed by atoms with E-state index in [1.165, 1.54) is 11.9 Å². The van der Waals surface area contributed by atoms with Crippen LogP contribution in [0.5, 0.6) is 0 Å². The minimum atomic E-state index is -0.834. The lowest BCUT2D eigenvalue weighted by molar-refractivity contribution is -0.142. The number of nitrogens with zero attached hydrogens (tertiary/aromatic N) is 2. The molecule has 19 heavy (non-hydrogen) atoms. The van der Waals surface area contributed by atoms with E-state index in [1.54, 1.807) is 11.9 Å². The molecule has 2 aliphatic heterocycles. The highest BCUT2D eigenvalue weighted by atomic mass is 16.4. The van der Waals surface area contributed by atoms with Crippen molar-refractivity contribution in [2.24, 2.45) is 5.92 Å². The average molecular weight is 269 g/mol. The van der Waals surface area contributed by atoms with E-state index in [4.69, 9.17) is 5.11 Å². The highest BCUT2D eigenvalue weighted by Crippen LogP contribution is 2.42. The summed E-state index contributed by atoms with van der Waals surface area (Å²) in [5.41, 5.74) is 0. The summed E-state index contributed by atoms with van der Waals surface area (Å²) < 4.78 is 0. The largest absolute Gasteiger partial charge is 0.481 e. The van der Waals surface area contributed by atoms with E-state index >= 15 is 0 Å². The number of rotatable bonds is 3. The van der Waals surface area contributed by atoms with Gasteiger partial charge in [-0.2, -0.15) is 0 Å². The molecule has 3 atom stereocenters. The molecular formula is C12H19N3O4. The maximum Gasteiger partial charge on any atom is 0.320 e. The number of likely N-dealkylation sites (N-methyl/N-ethyl adjacent to an activating group) is 2. The summed E-state index contributed by atoms with van der Waals surface area (Å²) in [6, 6.07) is -0.465. The molecule has 0 spiro atoms. The summed E-state index contributed by atoms with van der Waals surface area (Å²) in [6.45, 7) is -0.0109. The summed E-state index contributed by atoms with van der Waals surface area (Å²) >= 11 is 0. The normalized spacial score (nSPS) is 28.3. The van der Waals surface area contributed by atoms with Gasteiger partial charge in [-0.1, -0.05) is 0 Å². The quantitative estimate of drug-likeness (QED) is 0.737. The van der Waals surface area contributed by atoms with E-state index in [1.807, 2.05) is 0 Å². The molecule has 2 bridgehead atoms. The van der Waals surface area contributed by atoms with Crippen LogP contribution >= 0.6 is 0 Å². The van der Waals surface area contributed by atoms with Crippen LogP contribution in [-0.2, 0) is 9.59 Å². The van der Waals surface area contributed by atoms with Crippen LogP contribution in [-0.4, -0.2) is 65.5 Å². The van der Waals surface area contributed by atoms with E-state index in [9.17, 15) is 14.4 Å². The molecule has 2 heterocycles. The monoisotopic (exact) mass is 269 g/mol. The topological polar surface area (TPSA) is 90.0 Å². The second kappa shape index (κ2) is 5.07. The van der Waals surface area contributed by atoms with E-state index < -0.39 is 11.9 Å². The number of nitrogens with one attached hydrogen (secondary N) is 1. The molecule has 3 unspecified atom stereocenters. The first-order valence-electron chi connectivity index (χ1n) is 6.42. The molecule has 2 aliphatic rings. The summed E-state index contributed by atoms with van der Waals surface area (Å²) in [5.74, 6) is -1.53. The average Bonchev–Trinajstić information content (AvgIpc) is 2.94. The van der Waals surface area contributed by atoms with Crippen molar-refractivity contribution in [2.45, 2.75) is 31.3 Å². The van der Waals surface area contributed by atoms with Gasteiger partial charge in [0.25, 0.3) is 0 Å². The molecule has 2 N–H and O–H groups in total. The Kier molecular flexibility index (Phi) is 3.64. The molecule has 0 aromatic rings. The Morgan fingerprint density at radius 2 is 2.05 bits per heavy atom. The minimum Gasteiger partial charge on any atom is -0.481 e. The van der Waals surface area contributed by atoms with Crippen molar-refractivity contribution in [2.75, 3.05) is 20.6 Å². The van der Waals surface area contributed by atoms with E-state index in [-0.39, 0.29) is 30.6 Å². The van der Waals surface area contributed by atoms with Gasteiger partial charge in [-0.25, -0.2) is 4.79 Å². The number of aliphatic carboxylic acids is 1. The molecule has 0 aromatic carbocycles. The summed E-state index contributed by atoms with van der Waals surface area (Å²) in [6.07, 6.45) is 2.12. The van der Waals surface area contributed by atoms with Gasteiger partial charge in [0.2, 0.25) is 5.91 Å². The Morgan fingerprint density at radius 1 is 1.37 bits per heavy atom. The molecule has 3 amide bonds. The van der Waals surface area contributed by atoms with Crippen molar-refractivity contribution in [1.82, 2.24) is 15.1 Å². The van der Waals surface area contributed by atoms with Crippen LogP contribution in [0.1, 0.15) is 19.3 Å². The molecule has 2 rings (SSSR count). The van der Waals surface area contributed by atoms with Crippen molar-refractivity contribution in [3.63, 3.8) is 0 Å². The molecule has 2 fully saturated rings. The fraction of sp³-hybridized carbons (Fsp3) is 0.750. The predicted molar refractivity (Wildman–Crippen MR) is 66.5 cm³/mol. The fourth-order valence-corrected chi connectivity index (χ4v) is 3.11. The highest BCUT2D eigenvalue weighted by Gasteiger charge is 2.51. The molecule has 0 aliphatic carbocycles. The standard InChI is InChI=1S/C12H19N3O4/c1-13-10(16)6-14(2)12(19)15-7-3-4-9(15)8(5-7)11(17)18/h7-9H,3-6H2,1-2H3,(H,13,16)(H,17,18). The van der Waals surface area contributed by atoms with Crippen molar-refractivity contribution < 1.29 is 19.5 Å². The molecule has 7 nitrogen and oxygen atoms in total. The molecule has 7 heteroatoms. The third-order valence-electron chi connectivity index (χ3n) is 4.06. The van der Waals surface area contributed by atoms with Crippen LogP contribution < -0.4 is 5.32 Å². The Balaban J connectivity index is 2.04. The van der Waals surface area contributed by atoms with Gasteiger partial charge in [0.1, 0.15) is 6.54 Å². The SMILES string of the molecule is CNC(=O)CN(C)C(=O)N1C2CCC1C(C(=O)O)C2. The Morgan fingerprint density at radius 3 is 2.58 bits per heavy atom. The van der Waals surface area contributed by atoms with Crippen LogP contribution in [0.4, 0.5) is 4.79 Å². The van der Waals surface area contributed by atoms with Gasteiger partial charge >= 0.3 is 12.0 Å². The number of carbonyl (C=O) groups is 3. The van der Waals surface area contributed by atoms with E-state index in [0.717, 1.165) is 12.8 Å². The Hall–Kier alpha value is -1.79. The van der Waals surface area contributed by atoms with Crippen LogP contribution in [0.25, 0.3) is 0 Å². The van der Waals surface area contributed by atoms with Crippen LogP contribution in [0.15, 0.2) is 0 Å². The van der Waals surface area contributed by atoms with Crippen molar-refractivity contribution in [3.05, 3.63) is 0 Å². The number of amides is 3. The van der Waals surface area contributed by atoms with Gasteiger partial charge in [-0.15, -0.1) is 0 Å². The van der Waals surface area contributed by atoms with Gasteiger partial charge in [0.05, 0.1) is 5.92 Å². The first kappa shape index (κ1) is 13.6. The predicted octanol–water partition coefficient (Wildman–Crippen LogP) is -0.278. The number of fused-ring (bicyclic) bond motifs is 2. The third kappa shape index (κ3) is 2.36. The second-order valence-electron chi connectivity index (χ2n) is 5.20. The minimum absolute atomic E-state index is 0.00531. The third-order valence-corrected chi connectivity index (χ3v) is 4.06. The fourth-order valence-electron chi connectivity index (χ4n) is 3.11. The second-order valence-corrected chi connectivity index (χ2v) is 5.20. The number of carbonyl (C=O) groups excluding carboxylic acids is 2. The summed E-state index contributed by atoms with van der Waals surface area (Å²) in [4.78, 5) is 37.7. The maximum absolute atomic E-state index is 12.3. The zero-order valence-electron chi connectivity index (χ0n) is 11.1. The summed E-state index contributed by atoms with van der Waals surface area (Å²) in [5, 5.41) is 11.6. The summed E-state index contributed by atoms with van der Waals surface area (Å²) in [7, 11) is 3.08. The zero-order valence-corrected chi connectivity index (χ0v) is 11.1. The van der Waals surface area contributed by atoms with Crippen LogP contribution in [0, 0.1) is 5.92 Å². The molecule has 0 saturated carbocycles. The maximum atomic E-state index is 12.3. The number of carboxylic acids is 1. The number of urea groups is 1. The zero-order chi connectivity index (χ0) is 14.2. The van der Waals surface area contributed by atoms with Gasteiger partial charge < -0.3 is 20.2 Å². The number of hydrogen-bond donors (Lipinski definition) is 2. The van der Waals surface area contributed by atoms with E-state index in [0.29, 0.717) is 6.42 Å². The lowest BCUT2D eigenvalue weighted by Gasteiger charge is -2.28. The molecule has 2 saturated heterocycles. The molecular weight excluding hydrogens is 250 g/mol. The van der Waals surface area contributed by atoms with Crippen molar-refractivity contribution in [3.8, 4) is 0 Å². The van der Waals surface area contributed by atoms with E-state index in [2.05, 4.69) is 5.32 Å². The molecule has 0 aromatic heterocycles. The smallest absolute Gasteiger partial charge is 0.320 e. The van der Waals surface area contributed by atoms with Crippen molar-refractivity contribution >= 4 is 17.9 Å². The van der Waals surface area contributed by atoms with Crippen LogP contribution in [0.3, 0.4) is 0 Å². The first-order chi connectivity index (χ1) is 8.95. The Bertz CT molecular complexity index is 412. The lowest BCUT2D eigenvalue weighted by atomic mass is 9.89. The van der Waals surface area contributed by atoms with Gasteiger partial charge in [0.15, 0.2) is 0 Å². The number of carboxylic acid groups (broad SMARTS) is 1. The molecule has 0 radical (unpaired) electrons.